The number of benzene rings is 3. The molecule has 33 heavy (non-hydrogen) atoms. The van der Waals surface area contributed by atoms with Gasteiger partial charge in [0.05, 0.1) is 10.6 Å². The van der Waals surface area contributed by atoms with Crippen LogP contribution in [0.5, 0.6) is 0 Å². The Morgan fingerprint density at radius 1 is 0.848 bits per heavy atom. The van der Waals surface area contributed by atoms with E-state index in [4.69, 9.17) is 4.74 Å². The lowest BCUT2D eigenvalue weighted by Crippen LogP contribution is -2.51. The number of piperazine rings is 1. The summed E-state index contributed by atoms with van der Waals surface area (Å²) in [4.78, 5) is 27.1. The van der Waals surface area contributed by atoms with E-state index in [1.807, 2.05) is 54.6 Å². The van der Waals surface area contributed by atoms with Gasteiger partial charge in [0.25, 0.3) is 5.91 Å². The number of ether oxygens (including phenoxy) is 1. The van der Waals surface area contributed by atoms with Crippen LogP contribution in [0.4, 0.5) is 0 Å². The predicted molar refractivity (Wildman–Crippen MR) is 127 cm³/mol. The summed E-state index contributed by atoms with van der Waals surface area (Å²) in [5.41, 5.74) is 0. The van der Waals surface area contributed by atoms with Crippen molar-refractivity contribution in [1.29, 1.82) is 0 Å². The summed E-state index contributed by atoms with van der Waals surface area (Å²) in [6.07, 6.45) is 0. The minimum absolute atomic E-state index is 0.120. The number of hydrogen-bond acceptors (Lipinski definition) is 6. The fraction of sp³-hybridized carbons (Fsp3) is 0.250. The average molecular weight is 485 g/mol. The molecule has 0 bridgehead atoms. The van der Waals surface area contributed by atoms with Crippen molar-refractivity contribution in [1.82, 2.24) is 9.21 Å². The Kier molecular flexibility index (Phi) is 7.32. The van der Waals surface area contributed by atoms with Crippen LogP contribution in [0.15, 0.2) is 82.6 Å². The van der Waals surface area contributed by atoms with Gasteiger partial charge in [0.2, 0.25) is 10.0 Å². The molecule has 1 fully saturated rings. The molecule has 0 N–H and O–H groups in total. The molecule has 0 unspecified atom stereocenters. The second-order valence-corrected chi connectivity index (χ2v) is 10.5. The number of esters is 1. The molecule has 7 nitrogen and oxygen atoms in total. The van der Waals surface area contributed by atoms with Crippen molar-refractivity contribution in [3.05, 3.63) is 72.8 Å². The van der Waals surface area contributed by atoms with E-state index in [0.717, 1.165) is 15.7 Å². The lowest BCUT2D eigenvalue weighted by molar-refractivity contribution is -0.150. The number of amides is 1. The first-order valence-corrected chi connectivity index (χ1v) is 13.0. The summed E-state index contributed by atoms with van der Waals surface area (Å²) in [5.74, 6) is -0.666. The van der Waals surface area contributed by atoms with Crippen LogP contribution in [-0.4, -0.2) is 68.0 Å². The lowest BCUT2D eigenvalue weighted by Gasteiger charge is -2.33. The molecule has 0 aromatic heterocycles. The number of hydrogen-bond donors (Lipinski definition) is 0. The summed E-state index contributed by atoms with van der Waals surface area (Å²) >= 11 is 1.34. The van der Waals surface area contributed by atoms with Gasteiger partial charge in [-0.15, -0.1) is 11.8 Å². The maximum atomic E-state index is 13.1. The minimum atomic E-state index is -3.65. The van der Waals surface area contributed by atoms with Gasteiger partial charge in [-0.1, -0.05) is 48.5 Å². The van der Waals surface area contributed by atoms with Crippen LogP contribution in [0.1, 0.15) is 0 Å². The molecule has 0 spiro atoms. The quantitative estimate of drug-likeness (QED) is 0.379. The van der Waals surface area contributed by atoms with Crippen LogP contribution in [0.3, 0.4) is 0 Å². The SMILES string of the molecule is O=C(CSc1ccccc1)OCC(=O)N1CCN(S(=O)(=O)c2ccc3ccccc3c2)CC1. The summed E-state index contributed by atoms with van der Waals surface area (Å²) in [6, 6.07) is 22.1. The van der Waals surface area contributed by atoms with Crippen molar-refractivity contribution in [2.45, 2.75) is 9.79 Å². The van der Waals surface area contributed by atoms with Crippen molar-refractivity contribution in [3.63, 3.8) is 0 Å². The van der Waals surface area contributed by atoms with Gasteiger partial charge >= 0.3 is 5.97 Å². The van der Waals surface area contributed by atoms with Crippen LogP contribution in [0.2, 0.25) is 0 Å². The van der Waals surface area contributed by atoms with E-state index in [2.05, 4.69) is 0 Å². The van der Waals surface area contributed by atoms with E-state index in [9.17, 15) is 18.0 Å². The molecule has 0 saturated carbocycles. The Bertz CT molecular complexity index is 1240. The third kappa shape index (κ3) is 5.73. The number of carbonyl (C=O) groups is 2. The molecular weight excluding hydrogens is 460 g/mol. The molecule has 1 amide bonds. The first-order chi connectivity index (χ1) is 15.9. The first kappa shape index (κ1) is 23.3. The Labute approximate surface area is 197 Å². The number of thioether (sulfide) groups is 1. The fourth-order valence-corrected chi connectivity index (χ4v) is 5.76. The zero-order valence-electron chi connectivity index (χ0n) is 17.9. The largest absolute Gasteiger partial charge is 0.455 e. The van der Waals surface area contributed by atoms with Crippen LogP contribution in [0, 0.1) is 0 Å². The highest BCUT2D eigenvalue weighted by molar-refractivity contribution is 8.00. The standard InChI is InChI=1S/C24H24N2O5S2/c27-23(17-31-24(28)18-32-21-8-2-1-3-9-21)25-12-14-26(15-13-25)33(29,30)22-11-10-19-6-4-5-7-20(19)16-22/h1-11,16H,12-15,17-18H2. The maximum absolute atomic E-state index is 13.1. The van der Waals surface area contributed by atoms with Crippen molar-refractivity contribution in [2.24, 2.45) is 0 Å². The van der Waals surface area contributed by atoms with Gasteiger partial charge in [0.1, 0.15) is 0 Å². The van der Waals surface area contributed by atoms with E-state index >= 15 is 0 Å². The molecule has 0 aliphatic carbocycles. The number of nitrogens with zero attached hydrogens (tertiary/aromatic N) is 2. The molecule has 1 aliphatic heterocycles. The zero-order valence-corrected chi connectivity index (χ0v) is 19.6. The summed E-state index contributed by atoms with van der Waals surface area (Å²) < 4.78 is 32.6. The van der Waals surface area contributed by atoms with Crippen LogP contribution >= 0.6 is 11.8 Å². The van der Waals surface area contributed by atoms with E-state index in [0.29, 0.717) is 0 Å². The van der Waals surface area contributed by atoms with Gasteiger partial charge in [0.15, 0.2) is 6.61 Å². The Morgan fingerprint density at radius 3 is 2.24 bits per heavy atom. The Morgan fingerprint density at radius 2 is 1.52 bits per heavy atom. The van der Waals surface area contributed by atoms with Gasteiger partial charge in [0, 0.05) is 31.1 Å². The molecule has 0 radical (unpaired) electrons. The second-order valence-electron chi connectivity index (χ2n) is 7.56. The minimum Gasteiger partial charge on any atom is -0.455 e. The number of rotatable bonds is 7. The van der Waals surface area contributed by atoms with Crippen molar-refractivity contribution in [2.75, 3.05) is 38.5 Å². The number of fused-ring (bicyclic) bond motifs is 1. The predicted octanol–water partition coefficient (Wildman–Crippen LogP) is 3.01. The molecular formula is C24H24N2O5S2. The maximum Gasteiger partial charge on any atom is 0.316 e. The molecule has 3 aromatic carbocycles. The number of sulfonamides is 1. The first-order valence-electron chi connectivity index (χ1n) is 10.5. The summed E-state index contributed by atoms with van der Waals surface area (Å²) in [5, 5.41) is 1.84. The monoisotopic (exact) mass is 484 g/mol. The highest BCUT2D eigenvalue weighted by Gasteiger charge is 2.30. The van der Waals surface area contributed by atoms with Crippen molar-refractivity contribution in [3.8, 4) is 0 Å². The Hall–Kier alpha value is -2.88. The molecule has 1 aliphatic rings. The lowest BCUT2D eigenvalue weighted by atomic mass is 10.1. The van der Waals surface area contributed by atoms with Crippen molar-refractivity contribution >= 4 is 44.4 Å². The molecule has 3 aromatic rings. The smallest absolute Gasteiger partial charge is 0.316 e. The molecule has 1 heterocycles. The van der Waals surface area contributed by atoms with Crippen molar-refractivity contribution < 1.29 is 22.7 Å². The van der Waals surface area contributed by atoms with E-state index < -0.39 is 16.0 Å². The third-order valence-corrected chi connectivity index (χ3v) is 8.29. The Balaban J connectivity index is 1.27. The summed E-state index contributed by atoms with van der Waals surface area (Å²) in [6.45, 7) is 0.549. The topological polar surface area (TPSA) is 84.0 Å². The normalized spacial score (nSPS) is 14.8. The van der Waals surface area contributed by atoms with Gasteiger partial charge < -0.3 is 9.64 Å². The molecule has 9 heteroatoms. The fourth-order valence-electron chi connectivity index (χ4n) is 3.59. The van der Waals surface area contributed by atoms with Gasteiger partial charge in [-0.25, -0.2) is 8.42 Å². The van der Waals surface area contributed by atoms with Crippen LogP contribution in [-0.2, 0) is 24.3 Å². The highest BCUT2D eigenvalue weighted by Crippen LogP contribution is 2.23. The molecule has 0 atom stereocenters. The molecule has 1 saturated heterocycles. The highest BCUT2D eigenvalue weighted by atomic mass is 32.2. The zero-order chi connectivity index (χ0) is 23.3. The van der Waals surface area contributed by atoms with E-state index in [1.54, 1.807) is 18.2 Å². The van der Waals surface area contributed by atoms with Gasteiger partial charge in [-0.3, -0.25) is 9.59 Å². The third-order valence-electron chi connectivity index (χ3n) is 5.41. The second kappa shape index (κ2) is 10.4. The van der Waals surface area contributed by atoms with Crippen LogP contribution in [0.25, 0.3) is 10.8 Å². The van der Waals surface area contributed by atoms with Gasteiger partial charge in [-0.05, 0) is 35.0 Å². The molecule has 172 valence electrons. The van der Waals surface area contributed by atoms with Gasteiger partial charge in [-0.2, -0.15) is 4.31 Å². The molecule has 4 rings (SSSR count). The average Bonchev–Trinajstić information content (AvgIpc) is 2.86. The number of carbonyl (C=O) groups excluding carboxylic acids is 2. The van der Waals surface area contributed by atoms with Crippen LogP contribution < -0.4 is 0 Å². The van der Waals surface area contributed by atoms with E-state index in [-0.39, 0.29) is 49.3 Å². The summed E-state index contributed by atoms with van der Waals surface area (Å²) in [7, 11) is -3.65. The van der Waals surface area contributed by atoms with E-state index in [1.165, 1.54) is 21.0 Å².